The van der Waals surface area contributed by atoms with Crippen molar-refractivity contribution in [1.82, 2.24) is 25.1 Å². The van der Waals surface area contributed by atoms with Crippen LogP contribution < -0.4 is 15.0 Å². The number of benzene rings is 1. The molecule has 0 aliphatic carbocycles. The van der Waals surface area contributed by atoms with Crippen LogP contribution in [0.15, 0.2) is 36.8 Å². The minimum Gasteiger partial charge on any atom is -0.474 e. The average Bonchev–Trinajstić information content (AvgIpc) is 3.18. The molecule has 0 amide bonds. The summed E-state index contributed by atoms with van der Waals surface area (Å²) in [6.07, 6.45) is 6.54. The Morgan fingerprint density at radius 2 is 1.93 bits per heavy atom. The molecule has 1 aliphatic heterocycles. The lowest BCUT2D eigenvalue weighted by Gasteiger charge is -2.23. The molecule has 1 aliphatic rings. The van der Waals surface area contributed by atoms with Crippen LogP contribution in [0.25, 0.3) is 16.7 Å². The van der Waals surface area contributed by atoms with Gasteiger partial charge in [-0.15, -0.1) is 0 Å². The molecule has 1 aromatic carbocycles. The zero-order valence-electron chi connectivity index (χ0n) is 17.2. The Balaban J connectivity index is 1.54. The maximum absolute atomic E-state index is 11.4. The summed E-state index contributed by atoms with van der Waals surface area (Å²) in [6, 6.07) is 7.76. The van der Waals surface area contributed by atoms with E-state index in [4.69, 9.17) is 4.74 Å². The van der Waals surface area contributed by atoms with Gasteiger partial charge in [-0.3, -0.25) is 0 Å². The van der Waals surface area contributed by atoms with E-state index < -0.39 is 9.84 Å². The fourth-order valence-corrected chi connectivity index (χ4v) is 4.06. The molecule has 0 saturated carbocycles. The average molecular weight is 431 g/mol. The van der Waals surface area contributed by atoms with Gasteiger partial charge in [0.25, 0.3) is 0 Å². The van der Waals surface area contributed by atoms with Crippen molar-refractivity contribution in [3.8, 4) is 11.6 Å². The molecule has 0 unspecified atom stereocenters. The molecule has 3 aromatic rings. The van der Waals surface area contributed by atoms with Crippen LogP contribution in [0.5, 0.6) is 5.88 Å². The molecule has 4 rings (SSSR count). The van der Waals surface area contributed by atoms with E-state index in [9.17, 15) is 8.42 Å². The summed E-state index contributed by atoms with van der Waals surface area (Å²) in [4.78, 5) is 10.6. The smallest absolute Gasteiger partial charge is 0.228 e. The molecule has 1 saturated heterocycles. The van der Waals surface area contributed by atoms with Crippen molar-refractivity contribution < 1.29 is 13.2 Å². The first-order chi connectivity index (χ1) is 14.4. The Kier molecular flexibility index (Phi) is 5.87. The number of anilines is 1. The van der Waals surface area contributed by atoms with E-state index in [0.717, 1.165) is 42.7 Å². The quantitative estimate of drug-likeness (QED) is 0.601. The normalized spacial score (nSPS) is 15.4. The summed E-state index contributed by atoms with van der Waals surface area (Å²) >= 11 is 0. The second-order valence-electron chi connectivity index (χ2n) is 7.61. The highest BCUT2D eigenvalue weighted by molar-refractivity contribution is 7.90. The number of fused-ring (bicyclic) bond motifs is 1. The topological polar surface area (TPSA) is 102 Å². The molecule has 30 heavy (non-hydrogen) atoms. The van der Waals surface area contributed by atoms with E-state index in [0.29, 0.717) is 18.1 Å². The van der Waals surface area contributed by atoms with E-state index in [1.807, 2.05) is 36.2 Å². The molecule has 9 nitrogen and oxygen atoms in total. The predicted octanol–water partition coefficient (Wildman–Crippen LogP) is 1.43. The van der Waals surface area contributed by atoms with Gasteiger partial charge in [0, 0.05) is 25.5 Å². The third kappa shape index (κ3) is 4.71. The Labute approximate surface area is 176 Å². The Bertz CT molecular complexity index is 1110. The third-order valence-corrected chi connectivity index (χ3v) is 6.15. The summed E-state index contributed by atoms with van der Waals surface area (Å²) in [5, 5.41) is 8.60. The summed E-state index contributed by atoms with van der Waals surface area (Å²) in [5.41, 5.74) is 2.48. The molecular formula is C20H26N6O3S. The maximum Gasteiger partial charge on any atom is 0.228 e. The number of nitrogens with one attached hydrogen (secondary N) is 1. The Hall–Kier alpha value is -2.72. The molecule has 3 heterocycles. The highest BCUT2D eigenvalue weighted by atomic mass is 32.2. The SMILES string of the molecule is CN(CCS(C)(=O)=O)c1ccc(-n2ncc3c(OC4CCNCC4)ncnc32)cc1. The fourth-order valence-electron chi connectivity index (χ4n) is 3.46. The van der Waals surface area contributed by atoms with Crippen molar-refractivity contribution in [3.05, 3.63) is 36.8 Å². The van der Waals surface area contributed by atoms with Gasteiger partial charge < -0.3 is 15.0 Å². The molecular weight excluding hydrogens is 404 g/mol. The molecule has 0 bridgehead atoms. The number of nitrogens with zero attached hydrogens (tertiary/aromatic N) is 5. The van der Waals surface area contributed by atoms with Crippen molar-refractivity contribution >= 4 is 26.6 Å². The number of rotatable bonds is 7. The lowest BCUT2D eigenvalue weighted by molar-refractivity contribution is 0.158. The van der Waals surface area contributed by atoms with Gasteiger partial charge >= 0.3 is 0 Å². The number of aromatic nitrogens is 4. The van der Waals surface area contributed by atoms with Gasteiger partial charge in [0.2, 0.25) is 5.88 Å². The van der Waals surface area contributed by atoms with Gasteiger partial charge in [0.05, 0.1) is 17.6 Å². The number of hydrogen-bond acceptors (Lipinski definition) is 8. The standard InChI is InChI=1S/C20H26N6O3S/c1-25(11-12-30(2,27)28)15-3-5-16(6-4-15)26-19-18(13-24-26)20(23-14-22-19)29-17-7-9-21-10-8-17/h3-6,13-14,17,21H,7-12H2,1-2H3. The zero-order valence-corrected chi connectivity index (χ0v) is 18.0. The molecule has 160 valence electrons. The number of piperidine rings is 1. The van der Waals surface area contributed by atoms with E-state index in [1.165, 1.54) is 12.6 Å². The zero-order chi connectivity index (χ0) is 21.1. The van der Waals surface area contributed by atoms with Crippen LogP contribution in [0, 0.1) is 0 Å². The molecule has 0 atom stereocenters. The Morgan fingerprint density at radius 1 is 1.20 bits per heavy atom. The van der Waals surface area contributed by atoms with E-state index in [1.54, 1.807) is 10.9 Å². The molecule has 2 aromatic heterocycles. The number of hydrogen-bond donors (Lipinski definition) is 1. The fraction of sp³-hybridized carbons (Fsp3) is 0.450. The lowest BCUT2D eigenvalue weighted by Crippen LogP contribution is -2.34. The molecule has 10 heteroatoms. The number of sulfone groups is 1. The molecule has 1 N–H and O–H groups in total. The molecule has 1 fully saturated rings. The van der Waals surface area contributed by atoms with Crippen LogP contribution in [-0.4, -0.2) is 73.0 Å². The van der Waals surface area contributed by atoms with Crippen molar-refractivity contribution in [2.24, 2.45) is 0 Å². The maximum atomic E-state index is 11.4. The van der Waals surface area contributed by atoms with Crippen LogP contribution in [0.3, 0.4) is 0 Å². The highest BCUT2D eigenvalue weighted by Crippen LogP contribution is 2.26. The summed E-state index contributed by atoms with van der Waals surface area (Å²) in [6.45, 7) is 2.33. The van der Waals surface area contributed by atoms with Crippen LogP contribution >= 0.6 is 0 Å². The van der Waals surface area contributed by atoms with E-state index >= 15 is 0 Å². The molecule has 0 spiro atoms. The third-order valence-electron chi connectivity index (χ3n) is 5.23. The minimum absolute atomic E-state index is 0.117. The second-order valence-corrected chi connectivity index (χ2v) is 9.87. The Morgan fingerprint density at radius 3 is 2.63 bits per heavy atom. The number of ether oxygens (including phenoxy) is 1. The van der Waals surface area contributed by atoms with Crippen LogP contribution in [-0.2, 0) is 9.84 Å². The van der Waals surface area contributed by atoms with Gasteiger partial charge in [-0.25, -0.2) is 23.1 Å². The van der Waals surface area contributed by atoms with Gasteiger partial charge in [-0.05, 0) is 50.2 Å². The summed E-state index contributed by atoms with van der Waals surface area (Å²) in [7, 11) is -1.12. The van der Waals surface area contributed by atoms with Crippen LogP contribution in [0.4, 0.5) is 5.69 Å². The first-order valence-electron chi connectivity index (χ1n) is 9.96. The molecule has 0 radical (unpaired) electrons. The van der Waals surface area contributed by atoms with Gasteiger partial charge in [0.15, 0.2) is 5.65 Å². The van der Waals surface area contributed by atoms with E-state index in [2.05, 4.69) is 20.4 Å². The van der Waals surface area contributed by atoms with E-state index in [-0.39, 0.29) is 11.9 Å². The van der Waals surface area contributed by atoms with Crippen molar-refractivity contribution in [3.63, 3.8) is 0 Å². The van der Waals surface area contributed by atoms with Crippen molar-refractivity contribution in [2.45, 2.75) is 18.9 Å². The first kappa shape index (κ1) is 20.5. The van der Waals surface area contributed by atoms with Crippen LogP contribution in [0.1, 0.15) is 12.8 Å². The summed E-state index contributed by atoms with van der Waals surface area (Å²) in [5.74, 6) is 0.682. The second kappa shape index (κ2) is 8.57. The first-order valence-corrected chi connectivity index (χ1v) is 12.0. The van der Waals surface area contributed by atoms with Gasteiger partial charge in [-0.1, -0.05) is 0 Å². The lowest BCUT2D eigenvalue weighted by atomic mass is 10.1. The highest BCUT2D eigenvalue weighted by Gasteiger charge is 2.18. The van der Waals surface area contributed by atoms with Crippen molar-refractivity contribution in [2.75, 3.05) is 43.6 Å². The van der Waals surface area contributed by atoms with Crippen LogP contribution in [0.2, 0.25) is 0 Å². The van der Waals surface area contributed by atoms with Gasteiger partial charge in [-0.2, -0.15) is 5.10 Å². The van der Waals surface area contributed by atoms with Gasteiger partial charge in [0.1, 0.15) is 27.7 Å². The largest absolute Gasteiger partial charge is 0.474 e. The summed E-state index contributed by atoms with van der Waals surface area (Å²) < 4.78 is 30.7. The van der Waals surface area contributed by atoms with Crippen molar-refractivity contribution in [1.29, 1.82) is 0 Å². The minimum atomic E-state index is -3.00. The predicted molar refractivity (Wildman–Crippen MR) is 116 cm³/mol. The monoisotopic (exact) mass is 430 g/mol.